The number of thiazole rings is 1. The Hall–Kier alpha value is -3.08. The van der Waals surface area contributed by atoms with Crippen molar-refractivity contribution in [2.24, 2.45) is 0 Å². The molecule has 11 heteroatoms. The Morgan fingerprint density at radius 2 is 2.10 bits per heavy atom. The lowest BCUT2D eigenvalue weighted by atomic mass is 10.2. The van der Waals surface area contributed by atoms with Gasteiger partial charge in [-0.15, -0.1) is 0 Å². The number of halogens is 1. The summed E-state index contributed by atoms with van der Waals surface area (Å²) in [6, 6.07) is 9.79. The van der Waals surface area contributed by atoms with Crippen LogP contribution in [0.1, 0.15) is 15.2 Å². The molecule has 0 fully saturated rings. The summed E-state index contributed by atoms with van der Waals surface area (Å²) in [5.74, 6) is 0.142. The van der Waals surface area contributed by atoms with E-state index in [2.05, 4.69) is 9.97 Å². The fourth-order valence-electron chi connectivity index (χ4n) is 2.80. The van der Waals surface area contributed by atoms with E-state index in [0.29, 0.717) is 26.1 Å². The second-order valence-electron chi connectivity index (χ2n) is 6.07. The molecule has 0 N–H and O–H groups in total. The van der Waals surface area contributed by atoms with Gasteiger partial charge in [0.2, 0.25) is 0 Å². The van der Waals surface area contributed by atoms with Crippen molar-refractivity contribution in [2.45, 2.75) is 6.54 Å². The molecule has 8 nitrogen and oxygen atoms in total. The molecule has 0 aliphatic rings. The van der Waals surface area contributed by atoms with Gasteiger partial charge in [0, 0.05) is 18.5 Å². The van der Waals surface area contributed by atoms with E-state index in [-0.39, 0.29) is 16.4 Å². The van der Waals surface area contributed by atoms with Crippen LogP contribution in [0.5, 0.6) is 5.75 Å². The highest BCUT2D eigenvalue weighted by Crippen LogP contribution is 2.40. The van der Waals surface area contributed by atoms with E-state index >= 15 is 0 Å². The maximum Gasteiger partial charge on any atom is 0.324 e. The Morgan fingerprint density at radius 3 is 2.77 bits per heavy atom. The summed E-state index contributed by atoms with van der Waals surface area (Å²) in [4.78, 5) is 34.2. The number of rotatable bonds is 6. The second-order valence-corrected chi connectivity index (χ2v) is 8.52. The van der Waals surface area contributed by atoms with Crippen molar-refractivity contribution in [3.63, 3.8) is 0 Å². The topological polar surface area (TPSA) is 98.5 Å². The molecule has 0 spiro atoms. The van der Waals surface area contributed by atoms with Crippen LogP contribution >= 0.6 is 34.3 Å². The number of nitro groups is 1. The highest BCUT2D eigenvalue weighted by molar-refractivity contribution is 7.23. The number of pyridine rings is 1. The molecule has 1 amide bonds. The molecular weight excluding hydrogens is 448 g/mol. The summed E-state index contributed by atoms with van der Waals surface area (Å²) in [7, 11) is 1.53. The summed E-state index contributed by atoms with van der Waals surface area (Å²) in [6.45, 7) is 0.193. The smallest absolute Gasteiger partial charge is 0.324 e. The van der Waals surface area contributed by atoms with Gasteiger partial charge in [-0.3, -0.25) is 24.8 Å². The molecule has 0 saturated heterocycles. The average Bonchev–Trinajstić information content (AvgIpc) is 3.41. The zero-order valence-electron chi connectivity index (χ0n) is 15.4. The molecule has 4 rings (SSSR count). The van der Waals surface area contributed by atoms with Crippen molar-refractivity contribution in [3.05, 3.63) is 74.4 Å². The molecule has 0 saturated carbocycles. The highest BCUT2D eigenvalue weighted by Gasteiger charge is 2.26. The van der Waals surface area contributed by atoms with Crippen LogP contribution in [-0.4, -0.2) is 27.9 Å². The van der Waals surface area contributed by atoms with Crippen LogP contribution in [-0.2, 0) is 6.54 Å². The van der Waals surface area contributed by atoms with Gasteiger partial charge in [-0.2, -0.15) is 0 Å². The Labute approximate surface area is 183 Å². The monoisotopic (exact) mass is 460 g/mol. The maximum atomic E-state index is 13.3. The van der Waals surface area contributed by atoms with Crippen LogP contribution in [0.4, 0.5) is 10.1 Å². The summed E-state index contributed by atoms with van der Waals surface area (Å²) < 4.78 is 6.05. The van der Waals surface area contributed by atoms with Crippen LogP contribution in [0.3, 0.4) is 0 Å². The van der Waals surface area contributed by atoms with Gasteiger partial charge in [0.15, 0.2) is 5.13 Å². The summed E-state index contributed by atoms with van der Waals surface area (Å²) in [5, 5.41) is 11.8. The lowest BCUT2D eigenvalue weighted by molar-refractivity contribution is -0.380. The molecule has 0 bridgehead atoms. The standard InChI is InChI=1S/C19H13ClN4O4S2/c1-28-13-5-4-12(20)17-16(13)22-19(30-17)23(10-11-3-2-8-21-9-11)18(25)14-6-7-15(29-14)24(26)27/h2-9H,10H2,1H3. The lowest BCUT2D eigenvalue weighted by Crippen LogP contribution is -2.29. The SMILES string of the molecule is COc1ccc(Cl)c2sc(N(Cc3cccnc3)C(=O)c3ccc([N+](=O)[O-])s3)nc12. The van der Waals surface area contributed by atoms with Gasteiger partial charge >= 0.3 is 5.00 Å². The number of aromatic nitrogens is 2. The van der Waals surface area contributed by atoms with Crippen LogP contribution in [0.25, 0.3) is 10.2 Å². The third kappa shape index (κ3) is 3.84. The number of amides is 1. The number of ether oxygens (including phenoxy) is 1. The Kier molecular flexibility index (Phi) is 5.62. The Morgan fingerprint density at radius 1 is 1.27 bits per heavy atom. The number of hydrogen-bond donors (Lipinski definition) is 0. The van der Waals surface area contributed by atoms with Gasteiger partial charge in [0.25, 0.3) is 5.91 Å². The van der Waals surface area contributed by atoms with Crippen molar-refractivity contribution < 1.29 is 14.5 Å². The first kappa shape index (κ1) is 20.2. The van der Waals surface area contributed by atoms with Crippen molar-refractivity contribution in [2.75, 3.05) is 12.0 Å². The number of thiophene rings is 1. The molecule has 0 aliphatic heterocycles. The average molecular weight is 461 g/mol. The number of fused-ring (bicyclic) bond motifs is 1. The number of carbonyl (C=O) groups excluding carboxylic acids is 1. The van der Waals surface area contributed by atoms with Crippen molar-refractivity contribution in [3.8, 4) is 5.75 Å². The molecule has 4 aromatic rings. The zero-order valence-corrected chi connectivity index (χ0v) is 17.8. The van der Waals surface area contributed by atoms with Crippen LogP contribution in [0.2, 0.25) is 5.02 Å². The number of benzene rings is 1. The Bertz CT molecular complexity index is 1240. The quantitative estimate of drug-likeness (QED) is 0.291. The minimum Gasteiger partial charge on any atom is -0.494 e. The van der Waals surface area contributed by atoms with Crippen LogP contribution in [0, 0.1) is 10.1 Å². The third-order valence-corrected chi connectivity index (χ3v) is 6.75. The summed E-state index contributed by atoms with van der Waals surface area (Å²) in [5.41, 5.74) is 1.33. The summed E-state index contributed by atoms with van der Waals surface area (Å²) >= 11 is 8.40. The van der Waals surface area contributed by atoms with Crippen molar-refractivity contribution in [1.29, 1.82) is 0 Å². The van der Waals surface area contributed by atoms with Crippen molar-refractivity contribution in [1.82, 2.24) is 9.97 Å². The van der Waals surface area contributed by atoms with Crippen LogP contribution in [0.15, 0.2) is 48.8 Å². The fraction of sp³-hybridized carbons (Fsp3) is 0.105. The first-order valence-electron chi connectivity index (χ1n) is 8.56. The van der Waals surface area contributed by atoms with E-state index in [9.17, 15) is 14.9 Å². The molecule has 0 aliphatic carbocycles. The zero-order chi connectivity index (χ0) is 21.3. The van der Waals surface area contributed by atoms with Gasteiger partial charge in [-0.05, 0) is 29.8 Å². The summed E-state index contributed by atoms with van der Waals surface area (Å²) in [6.07, 6.45) is 3.29. The molecule has 1 aromatic carbocycles. The van der Waals surface area contributed by atoms with Crippen LogP contribution < -0.4 is 9.64 Å². The number of methoxy groups -OCH3 is 1. The molecule has 3 aromatic heterocycles. The van der Waals surface area contributed by atoms with E-state index in [1.165, 1.54) is 35.5 Å². The first-order valence-corrected chi connectivity index (χ1v) is 10.6. The van der Waals surface area contributed by atoms with Gasteiger partial charge in [0.1, 0.15) is 11.3 Å². The van der Waals surface area contributed by atoms with E-state index in [4.69, 9.17) is 16.3 Å². The van der Waals surface area contributed by atoms with E-state index < -0.39 is 10.8 Å². The molecule has 30 heavy (non-hydrogen) atoms. The minimum absolute atomic E-state index is 0.103. The van der Waals surface area contributed by atoms with Gasteiger partial charge in [-0.25, -0.2) is 4.98 Å². The Balaban J connectivity index is 1.80. The van der Waals surface area contributed by atoms with E-state index in [1.807, 2.05) is 6.07 Å². The predicted molar refractivity (Wildman–Crippen MR) is 117 cm³/mol. The molecule has 152 valence electrons. The number of hydrogen-bond acceptors (Lipinski definition) is 8. The van der Waals surface area contributed by atoms with E-state index in [1.54, 1.807) is 30.6 Å². The molecule has 0 radical (unpaired) electrons. The molecule has 3 heterocycles. The van der Waals surface area contributed by atoms with Gasteiger partial charge < -0.3 is 4.74 Å². The molecule has 0 unspecified atom stereocenters. The normalized spacial score (nSPS) is 10.9. The minimum atomic E-state index is -0.519. The number of anilines is 1. The number of carbonyl (C=O) groups is 1. The van der Waals surface area contributed by atoms with E-state index in [0.717, 1.165) is 16.9 Å². The van der Waals surface area contributed by atoms with Gasteiger partial charge in [-0.1, -0.05) is 40.3 Å². The first-order chi connectivity index (χ1) is 14.5. The highest BCUT2D eigenvalue weighted by atomic mass is 35.5. The number of nitrogens with zero attached hydrogens (tertiary/aromatic N) is 4. The van der Waals surface area contributed by atoms with Gasteiger partial charge in [0.05, 0.1) is 33.2 Å². The lowest BCUT2D eigenvalue weighted by Gasteiger charge is -2.19. The largest absolute Gasteiger partial charge is 0.494 e. The predicted octanol–water partition coefficient (Wildman–Crippen LogP) is 5.17. The molecular formula is C19H13ClN4O4S2. The molecule has 0 atom stereocenters. The second kappa shape index (κ2) is 8.34. The fourth-order valence-corrected chi connectivity index (χ4v) is 4.82. The van der Waals surface area contributed by atoms with Crippen molar-refractivity contribution >= 4 is 60.5 Å². The maximum absolute atomic E-state index is 13.3. The third-order valence-electron chi connectivity index (χ3n) is 4.19.